The molecule has 1 fully saturated rings. The van der Waals surface area contributed by atoms with Crippen molar-refractivity contribution < 1.29 is 21.1 Å². The van der Waals surface area contributed by atoms with E-state index in [4.69, 9.17) is 9.97 Å². The van der Waals surface area contributed by atoms with Crippen LogP contribution in [0.5, 0.6) is 0 Å². The molecule has 1 saturated carbocycles. The van der Waals surface area contributed by atoms with Gasteiger partial charge in [-0.15, -0.1) is 70.8 Å². The summed E-state index contributed by atoms with van der Waals surface area (Å²) in [6.45, 7) is 4.69. The van der Waals surface area contributed by atoms with Gasteiger partial charge in [0.25, 0.3) is 0 Å². The second-order valence-corrected chi connectivity index (χ2v) is 13.8. The SMILES string of the molecule is CC1(C)c2ccccc2C2(c3cccc(n3)-c3[c-]c(ccc3)C3CCCCC3c3[c-]c(ccc3)-c3cccc2n3)c2ccccc21.[Pt+2]. The molecule has 1 spiro atoms. The molecule has 9 rings (SSSR count). The van der Waals surface area contributed by atoms with Crippen LogP contribution in [0.4, 0.5) is 0 Å². The molecule has 2 atom stereocenters. The summed E-state index contributed by atoms with van der Waals surface area (Å²) in [4.78, 5) is 11.2. The molecule has 0 radical (unpaired) electrons. The number of rotatable bonds is 0. The van der Waals surface area contributed by atoms with Crippen molar-refractivity contribution >= 4 is 0 Å². The fourth-order valence-electron chi connectivity index (χ4n) is 8.85. The zero-order valence-electron chi connectivity index (χ0n) is 26.7. The van der Waals surface area contributed by atoms with Crippen molar-refractivity contribution in [2.75, 3.05) is 0 Å². The third kappa shape index (κ3) is 4.56. The van der Waals surface area contributed by atoms with Crippen LogP contribution in [0.3, 0.4) is 0 Å². The number of aromatic nitrogens is 2. The molecule has 232 valence electrons. The van der Waals surface area contributed by atoms with Crippen LogP contribution >= 0.6 is 0 Å². The molecule has 2 nitrogen and oxygen atoms in total. The van der Waals surface area contributed by atoms with E-state index in [1.54, 1.807) is 0 Å². The average Bonchev–Trinajstić information content (AvgIpc) is 3.12. The number of hydrogen-bond donors (Lipinski definition) is 0. The van der Waals surface area contributed by atoms with Gasteiger partial charge in [-0.2, -0.15) is 0 Å². The predicted octanol–water partition coefficient (Wildman–Crippen LogP) is 10.2. The van der Waals surface area contributed by atoms with Gasteiger partial charge >= 0.3 is 21.1 Å². The molecule has 0 amide bonds. The van der Waals surface area contributed by atoms with Crippen LogP contribution in [0.25, 0.3) is 22.5 Å². The van der Waals surface area contributed by atoms with E-state index in [0.717, 1.165) is 46.7 Å². The van der Waals surface area contributed by atoms with Gasteiger partial charge in [-0.3, -0.25) is 9.97 Å². The molecule has 8 bridgehead atoms. The minimum absolute atomic E-state index is 0. The predicted molar refractivity (Wildman–Crippen MR) is 185 cm³/mol. The summed E-state index contributed by atoms with van der Waals surface area (Å²) in [7, 11) is 0. The fraction of sp³-hybridized carbons (Fsp3) is 0.227. The van der Waals surface area contributed by atoms with E-state index in [2.05, 4.69) is 147 Å². The van der Waals surface area contributed by atoms with E-state index >= 15 is 0 Å². The fourth-order valence-corrected chi connectivity index (χ4v) is 8.85. The van der Waals surface area contributed by atoms with Crippen LogP contribution in [0.2, 0.25) is 0 Å². The molecule has 0 saturated heterocycles. The summed E-state index contributed by atoms with van der Waals surface area (Å²) in [6.07, 6.45) is 4.81. The molecule has 3 heterocycles. The van der Waals surface area contributed by atoms with Crippen molar-refractivity contribution in [2.24, 2.45) is 0 Å². The average molecular weight is 788 g/mol. The number of nitrogens with zero attached hydrogens (tertiary/aromatic N) is 2. The van der Waals surface area contributed by atoms with Crippen LogP contribution in [0.15, 0.2) is 121 Å². The number of benzene rings is 4. The minimum Gasteiger partial charge on any atom is -0.300 e. The first-order valence-electron chi connectivity index (χ1n) is 16.8. The summed E-state index contributed by atoms with van der Waals surface area (Å²) in [5.41, 5.74) is 12.7. The second kappa shape index (κ2) is 11.5. The Morgan fingerprint density at radius 1 is 0.511 bits per heavy atom. The van der Waals surface area contributed by atoms with E-state index < -0.39 is 5.41 Å². The zero-order valence-corrected chi connectivity index (χ0v) is 29.0. The second-order valence-electron chi connectivity index (χ2n) is 13.8. The Labute approximate surface area is 292 Å². The molecule has 6 aromatic rings. The third-order valence-electron chi connectivity index (χ3n) is 11.0. The Morgan fingerprint density at radius 3 is 1.40 bits per heavy atom. The normalized spacial score (nSPS) is 19.5. The monoisotopic (exact) mass is 787 g/mol. The number of hydrogen-bond acceptors (Lipinski definition) is 2. The zero-order chi connectivity index (χ0) is 30.9. The van der Waals surface area contributed by atoms with E-state index in [9.17, 15) is 0 Å². The van der Waals surface area contributed by atoms with Crippen molar-refractivity contribution in [1.29, 1.82) is 0 Å². The van der Waals surface area contributed by atoms with Gasteiger partial charge in [0.05, 0.1) is 11.4 Å². The van der Waals surface area contributed by atoms with Crippen LogP contribution in [-0.2, 0) is 31.9 Å². The van der Waals surface area contributed by atoms with Crippen molar-refractivity contribution in [3.63, 3.8) is 0 Å². The van der Waals surface area contributed by atoms with Gasteiger partial charge in [0.2, 0.25) is 0 Å². The Morgan fingerprint density at radius 2 is 0.936 bits per heavy atom. The first-order chi connectivity index (χ1) is 22.5. The van der Waals surface area contributed by atoms with Crippen molar-refractivity contribution in [1.82, 2.24) is 9.97 Å². The number of pyridine rings is 2. The summed E-state index contributed by atoms with van der Waals surface area (Å²) in [5.74, 6) is 0.803. The number of fused-ring (bicyclic) bond motifs is 19. The molecule has 2 aliphatic carbocycles. The Bertz CT molecular complexity index is 1980. The molecule has 4 aromatic carbocycles. The van der Waals surface area contributed by atoms with E-state index in [0.29, 0.717) is 11.8 Å². The van der Waals surface area contributed by atoms with Crippen molar-refractivity contribution in [2.45, 2.75) is 62.2 Å². The van der Waals surface area contributed by atoms with E-state index in [1.807, 2.05) is 0 Å². The van der Waals surface area contributed by atoms with Gasteiger partial charge in [0.15, 0.2) is 0 Å². The first-order valence-corrected chi connectivity index (χ1v) is 16.8. The van der Waals surface area contributed by atoms with Crippen LogP contribution in [-0.4, -0.2) is 9.97 Å². The van der Waals surface area contributed by atoms with Gasteiger partial charge in [0, 0.05) is 5.41 Å². The van der Waals surface area contributed by atoms with Gasteiger partial charge in [0.1, 0.15) is 5.41 Å². The van der Waals surface area contributed by atoms with Gasteiger partial charge in [-0.25, -0.2) is 0 Å². The van der Waals surface area contributed by atoms with E-state index in [1.165, 1.54) is 46.2 Å². The Kier molecular flexibility index (Phi) is 7.41. The largest absolute Gasteiger partial charge is 2.00 e. The standard InChI is InChI=1S/C44H36N2.Pt/c1-43(2)35-19-5-7-21-37(35)44(38-22-8-6-20-36(38)43)41-25-11-23-39(45-41)31-15-9-13-29(27-31)33-17-3-4-18-34(33)30-14-10-16-32(28-30)40-24-12-26-42(44)46-40;/h5-16,19-26,33-34H,3-4,17-18H2,1-2H3;/q-2;+2. The summed E-state index contributed by atoms with van der Waals surface area (Å²) >= 11 is 0. The topological polar surface area (TPSA) is 25.8 Å². The van der Waals surface area contributed by atoms with E-state index in [-0.39, 0.29) is 26.5 Å². The van der Waals surface area contributed by atoms with Crippen LogP contribution in [0, 0.1) is 12.1 Å². The Hall–Kier alpha value is -4.13. The maximum absolute atomic E-state index is 5.58. The molecule has 2 aromatic heterocycles. The summed E-state index contributed by atoms with van der Waals surface area (Å²) in [6, 6.07) is 52.0. The summed E-state index contributed by atoms with van der Waals surface area (Å²) in [5, 5.41) is 0. The quantitative estimate of drug-likeness (QED) is 0.143. The minimum atomic E-state index is -0.724. The molecule has 1 aliphatic heterocycles. The van der Waals surface area contributed by atoms with Crippen LogP contribution < -0.4 is 0 Å². The van der Waals surface area contributed by atoms with Crippen LogP contribution in [0.1, 0.15) is 96.1 Å². The van der Waals surface area contributed by atoms with Gasteiger partial charge in [-0.05, 0) is 70.5 Å². The molecule has 47 heavy (non-hydrogen) atoms. The molecular weight excluding hydrogens is 752 g/mol. The molecule has 3 heteroatoms. The first kappa shape index (κ1) is 30.2. The third-order valence-corrected chi connectivity index (χ3v) is 11.0. The molecular formula is C44H36N2Pt. The summed E-state index contributed by atoms with van der Waals surface area (Å²) < 4.78 is 0. The molecule has 3 aliphatic rings. The maximum Gasteiger partial charge on any atom is 2.00 e. The molecule has 2 unspecified atom stereocenters. The smallest absolute Gasteiger partial charge is 0.300 e. The van der Waals surface area contributed by atoms with Gasteiger partial charge in [-0.1, -0.05) is 99.5 Å². The Balaban J connectivity index is 0.00000324. The van der Waals surface area contributed by atoms with Crippen molar-refractivity contribution in [3.05, 3.63) is 178 Å². The molecule has 0 N–H and O–H groups in total. The van der Waals surface area contributed by atoms with Gasteiger partial charge < -0.3 is 0 Å². The maximum atomic E-state index is 5.58. The van der Waals surface area contributed by atoms with Crippen molar-refractivity contribution in [3.8, 4) is 22.5 Å².